The van der Waals surface area contributed by atoms with E-state index in [1.807, 2.05) is 6.92 Å². The summed E-state index contributed by atoms with van der Waals surface area (Å²) < 4.78 is 4.71. The second-order valence-electron chi connectivity index (χ2n) is 1.47. The van der Waals surface area contributed by atoms with Gasteiger partial charge in [-0.1, -0.05) is 6.92 Å². The Labute approximate surface area is 48.9 Å². The Morgan fingerprint density at radius 2 is 2.12 bits per heavy atom. The van der Waals surface area contributed by atoms with Crippen LogP contribution in [0.5, 0.6) is 0 Å². The van der Waals surface area contributed by atoms with E-state index in [1.165, 1.54) is 0 Å². The normalized spacial score (nSPS) is 10.5. The van der Waals surface area contributed by atoms with Crippen molar-refractivity contribution in [1.82, 2.24) is 0 Å². The predicted octanol–water partition coefficient (Wildman–Crippen LogP) is 0.647. The first kappa shape index (κ1) is 7.88. The molecule has 0 bridgehead atoms. The van der Waals surface area contributed by atoms with Gasteiger partial charge in [0.1, 0.15) is 6.61 Å². The topological polar surface area (TPSA) is 49.7 Å². The van der Waals surface area contributed by atoms with E-state index in [0.29, 0.717) is 6.61 Å². The molecule has 0 spiro atoms. The van der Waals surface area contributed by atoms with Gasteiger partial charge in [-0.25, -0.2) is 0 Å². The Hall–Kier alpha value is -0.120. The fourth-order valence-electron chi connectivity index (χ4n) is 0.308. The van der Waals surface area contributed by atoms with Crippen LogP contribution in [0.4, 0.5) is 0 Å². The van der Waals surface area contributed by atoms with Gasteiger partial charge in [-0.05, 0) is 6.42 Å². The Bertz CT molecular complexity index is 44.9. The maximum Gasteiger partial charge on any atom is 0.245 e. The summed E-state index contributed by atoms with van der Waals surface area (Å²) in [5, 5.41) is 16.3. The fraction of sp³-hybridized carbons (Fsp3) is 0.800. The molecule has 3 heteroatoms. The molecule has 0 amide bonds. The van der Waals surface area contributed by atoms with Crippen LogP contribution in [-0.4, -0.2) is 23.4 Å². The lowest BCUT2D eigenvalue weighted by Gasteiger charge is -2.00. The van der Waals surface area contributed by atoms with Gasteiger partial charge in [-0.2, -0.15) is 0 Å². The van der Waals surface area contributed by atoms with Crippen molar-refractivity contribution in [3.8, 4) is 0 Å². The van der Waals surface area contributed by atoms with Crippen molar-refractivity contribution >= 4 is 0 Å². The summed E-state index contributed by atoms with van der Waals surface area (Å²) in [6.45, 7) is 2.47. The molecular weight excluding hydrogens is 108 g/mol. The van der Waals surface area contributed by atoms with Gasteiger partial charge >= 0.3 is 0 Å². The fourth-order valence-corrected chi connectivity index (χ4v) is 0.308. The quantitative estimate of drug-likeness (QED) is 0.534. The van der Waals surface area contributed by atoms with Crippen molar-refractivity contribution in [2.75, 3.05) is 13.2 Å². The molecule has 0 aliphatic carbocycles. The van der Waals surface area contributed by atoms with Crippen LogP contribution >= 0.6 is 0 Å². The van der Waals surface area contributed by atoms with Crippen LogP contribution in [0.1, 0.15) is 13.3 Å². The van der Waals surface area contributed by atoms with E-state index in [0.717, 1.165) is 6.42 Å². The van der Waals surface area contributed by atoms with Gasteiger partial charge in [-0.3, -0.25) is 0 Å². The molecule has 0 rings (SSSR count). The van der Waals surface area contributed by atoms with E-state index >= 15 is 0 Å². The summed E-state index contributed by atoms with van der Waals surface area (Å²) in [6, 6.07) is 0. The molecule has 0 saturated heterocycles. The zero-order chi connectivity index (χ0) is 6.41. The van der Waals surface area contributed by atoms with Gasteiger partial charge in [0.25, 0.3) is 0 Å². The number of aliphatic hydroxyl groups excluding tert-OH is 1. The average Bonchev–Trinajstić information content (AvgIpc) is 1.66. The van der Waals surface area contributed by atoms with Crippen LogP contribution in [0.3, 0.4) is 0 Å². The highest BCUT2D eigenvalue weighted by Gasteiger charge is 1.96. The number of ether oxygens (including phenoxy) is 1. The predicted molar refractivity (Wildman–Crippen MR) is 28.2 cm³/mol. The lowest BCUT2D eigenvalue weighted by Crippen LogP contribution is -2.05. The average molecular weight is 119 g/mol. The van der Waals surface area contributed by atoms with Gasteiger partial charge in [0, 0.05) is 6.61 Å². The molecule has 0 saturated carbocycles. The lowest BCUT2D eigenvalue weighted by atomic mass is 10.5. The Kier molecular flexibility index (Phi) is 4.95. The van der Waals surface area contributed by atoms with Crippen LogP contribution in [-0.2, 0) is 4.74 Å². The molecule has 0 fully saturated rings. The van der Waals surface area contributed by atoms with Crippen molar-refractivity contribution in [3.05, 3.63) is 6.29 Å². The highest BCUT2D eigenvalue weighted by atomic mass is 16.5. The van der Waals surface area contributed by atoms with E-state index < -0.39 is 6.29 Å². The van der Waals surface area contributed by atoms with Gasteiger partial charge < -0.3 is 14.9 Å². The van der Waals surface area contributed by atoms with Gasteiger partial charge in [0.2, 0.25) is 6.29 Å². The Morgan fingerprint density at radius 1 is 1.50 bits per heavy atom. The third-order valence-corrected chi connectivity index (χ3v) is 0.580. The Balaban J connectivity index is 2.72. The molecule has 1 radical (unpaired) electrons. The standard InChI is InChI=1S/C5H11O3/c1-2-3-8-4-5(6)7/h6-7H,2-4H2,1H3. The van der Waals surface area contributed by atoms with E-state index in [-0.39, 0.29) is 6.61 Å². The largest absolute Gasteiger partial charge is 0.376 e. The summed E-state index contributed by atoms with van der Waals surface area (Å²) >= 11 is 0. The molecule has 0 aliphatic rings. The maximum atomic E-state index is 8.13. The summed E-state index contributed by atoms with van der Waals surface area (Å²) in [5.41, 5.74) is 0. The van der Waals surface area contributed by atoms with Gasteiger partial charge in [0.05, 0.1) is 0 Å². The van der Waals surface area contributed by atoms with Gasteiger partial charge in [-0.15, -0.1) is 0 Å². The highest BCUT2D eigenvalue weighted by molar-refractivity contribution is 4.52. The highest BCUT2D eigenvalue weighted by Crippen LogP contribution is 1.87. The first-order valence-electron chi connectivity index (χ1n) is 2.59. The minimum Gasteiger partial charge on any atom is -0.376 e. The molecule has 0 aromatic rings. The molecular formula is C5H11O3. The molecule has 2 N–H and O–H groups in total. The van der Waals surface area contributed by atoms with Crippen molar-refractivity contribution in [3.63, 3.8) is 0 Å². The Morgan fingerprint density at radius 3 is 2.50 bits per heavy atom. The third kappa shape index (κ3) is 5.88. The molecule has 0 aromatic carbocycles. The second kappa shape index (κ2) is 5.03. The van der Waals surface area contributed by atoms with Crippen LogP contribution < -0.4 is 0 Å². The van der Waals surface area contributed by atoms with E-state index in [1.54, 1.807) is 0 Å². The van der Waals surface area contributed by atoms with Gasteiger partial charge in [0.15, 0.2) is 0 Å². The van der Waals surface area contributed by atoms with Crippen molar-refractivity contribution in [2.45, 2.75) is 13.3 Å². The van der Waals surface area contributed by atoms with E-state index in [4.69, 9.17) is 14.9 Å². The molecule has 0 unspecified atom stereocenters. The van der Waals surface area contributed by atoms with E-state index in [9.17, 15) is 0 Å². The monoisotopic (exact) mass is 119 g/mol. The lowest BCUT2D eigenvalue weighted by molar-refractivity contribution is -0.00137. The number of hydrogen-bond acceptors (Lipinski definition) is 3. The molecule has 0 aromatic heterocycles. The van der Waals surface area contributed by atoms with Crippen molar-refractivity contribution in [2.24, 2.45) is 0 Å². The summed E-state index contributed by atoms with van der Waals surface area (Å²) in [7, 11) is 0. The minimum absolute atomic E-state index is 0.0617. The maximum absolute atomic E-state index is 8.13. The van der Waals surface area contributed by atoms with Crippen LogP contribution in [0.25, 0.3) is 0 Å². The van der Waals surface area contributed by atoms with Crippen LogP contribution in [0.2, 0.25) is 0 Å². The zero-order valence-electron chi connectivity index (χ0n) is 4.92. The summed E-state index contributed by atoms with van der Waals surface area (Å²) in [4.78, 5) is 0. The first-order chi connectivity index (χ1) is 3.77. The molecule has 0 heterocycles. The minimum atomic E-state index is -0.654. The van der Waals surface area contributed by atoms with E-state index in [2.05, 4.69) is 0 Å². The number of rotatable bonds is 4. The first-order valence-corrected chi connectivity index (χ1v) is 2.59. The molecule has 0 atom stereocenters. The molecule has 3 nitrogen and oxygen atoms in total. The van der Waals surface area contributed by atoms with Crippen LogP contribution in [0, 0.1) is 6.29 Å². The van der Waals surface area contributed by atoms with Crippen molar-refractivity contribution < 1.29 is 14.9 Å². The summed E-state index contributed by atoms with van der Waals surface area (Å²) in [6.07, 6.45) is 0.242. The smallest absolute Gasteiger partial charge is 0.245 e. The molecule has 0 aliphatic heterocycles. The second-order valence-corrected chi connectivity index (χ2v) is 1.47. The molecule has 8 heavy (non-hydrogen) atoms. The molecule has 49 valence electrons. The third-order valence-electron chi connectivity index (χ3n) is 0.580. The number of hydrogen-bond donors (Lipinski definition) is 2. The zero-order valence-corrected chi connectivity index (χ0v) is 4.92. The van der Waals surface area contributed by atoms with Crippen LogP contribution in [0.15, 0.2) is 0 Å². The van der Waals surface area contributed by atoms with Crippen molar-refractivity contribution in [1.29, 1.82) is 0 Å². The number of aliphatic hydroxyl groups is 2. The summed E-state index contributed by atoms with van der Waals surface area (Å²) in [5.74, 6) is 0. The SMILES string of the molecule is CCCOC[C](O)O.